The van der Waals surface area contributed by atoms with Gasteiger partial charge in [0.2, 0.25) is 0 Å². The number of ether oxygens (including phenoxy) is 1. The zero-order valence-electron chi connectivity index (χ0n) is 22.0. The summed E-state index contributed by atoms with van der Waals surface area (Å²) in [6.07, 6.45) is 11.8. The maximum Gasteiger partial charge on any atom is 0.271 e. The van der Waals surface area contributed by atoms with Crippen LogP contribution in [0.25, 0.3) is 16.6 Å². The molecule has 4 bridgehead atoms. The number of nitriles is 1. The molecular formula is C30H28ClN7O2. The maximum atomic E-state index is 13.1. The minimum absolute atomic E-state index is 0.196. The Balaban J connectivity index is 1.16. The number of halogens is 1. The zero-order valence-corrected chi connectivity index (χ0v) is 22.8. The highest BCUT2D eigenvalue weighted by atomic mass is 35.5. The van der Waals surface area contributed by atoms with Crippen LogP contribution in [0.15, 0.2) is 55.1 Å². The van der Waals surface area contributed by atoms with Crippen LogP contribution in [-0.4, -0.2) is 49.7 Å². The van der Waals surface area contributed by atoms with E-state index in [1.54, 1.807) is 35.2 Å². The van der Waals surface area contributed by atoms with E-state index in [0.29, 0.717) is 40.9 Å². The molecule has 2 atom stereocenters. The van der Waals surface area contributed by atoms with Gasteiger partial charge in [0, 0.05) is 41.1 Å². The number of rotatable bonds is 6. The number of hydrogen-bond acceptors (Lipinski definition) is 7. The van der Waals surface area contributed by atoms with Crippen molar-refractivity contribution < 1.29 is 9.53 Å². The summed E-state index contributed by atoms with van der Waals surface area (Å²) in [4.78, 5) is 24.7. The molecule has 2 aliphatic carbocycles. The summed E-state index contributed by atoms with van der Waals surface area (Å²) < 4.78 is 7.45. The van der Waals surface area contributed by atoms with Crippen LogP contribution in [0.1, 0.15) is 55.1 Å². The summed E-state index contributed by atoms with van der Waals surface area (Å²) >= 11 is 6.27. The van der Waals surface area contributed by atoms with Gasteiger partial charge in [0.15, 0.2) is 0 Å². The van der Waals surface area contributed by atoms with Gasteiger partial charge in [0.1, 0.15) is 23.3 Å². The number of anilines is 1. The first-order valence-electron chi connectivity index (χ1n) is 13.7. The molecule has 10 heteroatoms. The van der Waals surface area contributed by atoms with Gasteiger partial charge < -0.3 is 15.0 Å². The number of hydrogen-bond donors (Lipinski definition) is 1. The van der Waals surface area contributed by atoms with Crippen LogP contribution in [0.4, 0.5) is 5.82 Å². The molecule has 202 valence electrons. The van der Waals surface area contributed by atoms with Crippen molar-refractivity contribution in [3.8, 4) is 22.9 Å². The molecule has 0 radical (unpaired) electrons. The fraction of sp³-hybridized carbons (Fsp3) is 0.367. The fourth-order valence-corrected chi connectivity index (χ4v) is 7.56. The lowest BCUT2D eigenvalue weighted by Crippen LogP contribution is -2.69. The highest BCUT2D eigenvalue weighted by Gasteiger charge is 2.55. The number of nitrogens with one attached hydrogen (secondary N) is 1. The van der Waals surface area contributed by atoms with Crippen LogP contribution in [0.2, 0.25) is 5.02 Å². The third-order valence-corrected chi connectivity index (χ3v) is 8.93. The highest BCUT2D eigenvalue weighted by molar-refractivity contribution is 6.33. The van der Waals surface area contributed by atoms with Crippen molar-refractivity contribution in [3.05, 3.63) is 71.4 Å². The van der Waals surface area contributed by atoms with Gasteiger partial charge in [-0.05, 0) is 75.3 Å². The van der Waals surface area contributed by atoms with Crippen LogP contribution < -0.4 is 15.0 Å². The number of amides is 1. The van der Waals surface area contributed by atoms with E-state index in [-0.39, 0.29) is 17.1 Å². The minimum Gasteiger partial charge on any atom is -0.492 e. The number of piperidine rings is 2. The normalized spacial score (nSPS) is 24.7. The number of nitrogens with zero attached hydrogens (tertiary/aromatic N) is 6. The Kier molecular flexibility index (Phi) is 5.90. The van der Waals surface area contributed by atoms with Gasteiger partial charge in [0.25, 0.3) is 5.91 Å². The molecule has 9 nitrogen and oxygen atoms in total. The number of pyridine rings is 3. The van der Waals surface area contributed by atoms with Crippen molar-refractivity contribution in [2.45, 2.75) is 56.7 Å². The molecule has 1 N–H and O–H groups in total. The van der Waals surface area contributed by atoms with E-state index in [1.165, 1.54) is 0 Å². The van der Waals surface area contributed by atoms with Crippen LogP contribution in [0.5, 0.6) is 5.75 Å². The monoisotopic (exact) mass is 553 g/mol. The predicted molar refractivity (Wildman–Crippen MR) is 150 cm³/mol. The lowest BCUT2D eigenvalue weighted by molar-refractivity contribution is 0.0357. The summed E-state index contributed by atoms with van der Waals surface area (Å²) in [7, 11) is 0. The molecule has 0 spiro atoms. The van der Waals surface area contributed by atoms with Crippen LogP contribution in [0, 0.1) is 17.2 Å². The number of carbonyl (C=O) groups is 1. The zero-order chi connectivity index (χ0) is 27.4. The van der Waals surface area contributed by atoms with Gasteiger partial charge >= 0.3 is 0 Å². The van der Waals surface area contributed by atoms with Crippen molar-refractivity contribution in [2.75, 3.05) is 11.5 Å². The lowest BCUT2D eigenvalue weighted by atomic mass is 9.59. The molecule has 0 aromatic carbocycles. The second kappa shape index (κ2) is 9.49. The Morgan fingerprint density at radius 3 is 2.73 bits per heavy atom. The minimum atomic E-state index is -0.244. The molecule has 4 aromatic rings. The summed E-state index contributed by atoms with van der Waals surface area (Å²) in [5.41, 5.74) is 3.04. The molecular weight excluding hydrogens is 526 g/mol. The van der Waals surface area contributed by atoms with Gasteiger partial charge in [-0.25, -0.2) is 14.5 Å². The van der Waals surface area contributed by atoms with Gasteiger partial charge in [-0.1, -0.05) is 11.6 Å². The first kappa shape index (κ1) is 24.9. The molecule has 4 aromatic heterocycles. The maximum absolute atomic E-state index is 13.1. The average Bonchev–Trinajstić information content (AvgIpc) is 3.36. The predicted octanol–water partition coefficient (Wildman–Crippen LogP) is 5.03. The summed E-state index contributed by atoms with van der Waals surface area (Å²) in [5.74, 6) is 2.01. The van der Waals surface area contributed by atoms with Crippen molar-refractivity contribution in [1.82, 2.24) is 24.9 Å². The molecule has 2 saturated heterocycles. The Morgan fingerprint density at radius 2 is 2.02 bits per heavy atom. The first-order valence-corrected chi connectivity index (χ1v) is 14.1. The number of fused-ring (bicyclic) bond motifs is 1. The number of carbonyl (C=O) groups excluding carboxylic acids is 1. The molecule has 6 heterocycles. The topological polar surface area (TPSA) is 108 Å². The molecule has 2 aliphatic heterocycles. The van der Waals surface area contributed by atoms with Crippen LogP contribution >= 0.6 is 11.6 Å². The third kappa shape index (κ3) is 4.06. The highest BCUT2D eigenvalue weighted by Crippen LogP contribution is 2.52. The van der Waals surface area contributed by atoms with E-state index in [9.17, 15) is 10.1 Å². The van der Waals surface area contributed by atoms with Crippen molar-refractivity contribution >= 4 is 28.8 Å². The summed E-state index contributed by atoms with van der Waals surface area (Å²) in [6, 6.07) is 12.4. The van der Waals surface area contributed by atoms with E-state index < -0.39 is 0 Å². The van der Waals surface area contributed by atoms with Gasteiger partial charge in [-0.3, -0.25) is 4.79 Å². The summed E-state index contributed by atoms with van der Waals surface area (Å²) in [5, 5.41) is 17.7. The molecule has 2 unspecified atom stereocenters. The Hall–Kier alpha value is -4.16. The van der Waals surface area contributed by atoms with Gasteiger partial charge in [-0.2, -0.15) is 10.4 Å². The largest absolute Gasteiger partial charge is 0.492 e. The summed E-state index contributed by atoms with van der Waals surface area (Å²) in [6.45, 7) is 2.47. The van der Waals surface area contributed by atoms with E-state index in [1.807, 2.05) is 19.2 Å². The smallest absolute Gasteiger partial charge is 0.271 e. The lowest BCUT2D eigenvalue weighted by Gasteiger charge is -2.62. The van der Waals surface area contributed by atoms with Gasteiger partial charge in [0.05, 0.1) is 35.1 Å². The second-order valence-electron chi connectivity index (χ2n) is 11.1. The second-order valence-corrected chi connectivity index (χ2v) is 11.5. The van der Waals surface area contributed by atoms with Gasteiger partial charge in [-0.15, -0.1) is 0 Å². The molecule has 2 saturated carbocycles. The van der Waals surface area contributed by atoms with Crippen molar-refractivity contribution in [2.24, 2.45) is 5.92 Å². The first-order chi connectivity index (χ1) is 19.5. The molecule has 4 fully saturated rings. The fourth-order valence-electron chi connectivity index (χ4n) is 7.35. The van der Waals surface area contributed by atoms with Crippen molar-refractivity contribution in [1.29, 1.82) is 5.26 Å². The van der Waals surface area contributed by atoms with E-state index >= 15 is 0 Å². The standard InChI is InChI=1S/C30H28ClN7O2/c1-2-40-23-10-24(28-20(14-32)16-35-37(28)17-23)19-5-6-26(34-15-19)38-21-8-18-9-22(38)13-30(11-18,12-21)36-29(39)27-25(31)4-3-7-33-27/h3-7,10,15-18,21-22H,2,8-9,11-13H2,1H3,(H,36,39). The van der Waals surface area contributed by atoms with Crippen LogP contribution in [0.3, 0.4) is 0 Å². The number of aromatic nitrogens is 4. The quantitative estimate of drug-likeness (QED) is 0.356. The molecule has 4 aliphatic rings. The molecule has 1 amide bonds. The van der Waals surface area contributed by atoms with E-state index in [2.05, 4.69) is 38.5 Å². The van der Waals surface area contributed by atoms with Crippen LogP contribution in [-0.2, 0) is 0 Å². The van der Waals surface area contributed by atoms with E-state index in [0.717, 1.165) is 54.6 Å². The third-order valence-electron chi connectivity index (χ3n) is 8.62. The van der Waals surface area contributed by atoms with Crippen molar-refractivity contribution in [3.63, 3.8) is 0 Å². The Labute approximate surface area is 236 Å². The Morgan fingerprint density at radius 1 is 1.20 bits per heavy atom. The average molecular weight is 554 g/mol. The SMILES string of the molecule is CCOc1cc(-c2ccc(N3C4CC5CC3CC(NC(=O)c3ncccc3Cl)(C5)C4)nc2)c2c(C#N)cnn2c1. The molecule has 8 rings (SSSR count). The Bertz CT molecular complexity index is 1650. The molecule has 40 heavy (non-hydrogen) atoms. The van der Waals surface area contributed by atoms with E-state index in [4.69, 9.17) is 21.3 Å².